The molecule has 1 heterocycles. The third-order valence-electron chi connectivity index (χ3n) is 3.43. The van der Waals surface area contributed by atoms with E-state index in [1.165, 1.54) is 0 Å². The molecule has 23 heavy (non-hydrogen) atoms. The van der Waals surface area contributed by atoms with Crippen LogP contribution in [0.15, 0.2) is 48.5 Å². The fourth-order valence-electron chi connectivity index (χ4n) is 2.20. The summed E-state index contributed by atoms with van der Waals surface area (Å²) in [5.74, 6) is 0.551. The van der Waals surface area contributed by atoms with Crippen LogP contribution >= 0.6 is 0 Å². The van der Waals surface area contributed by atoms with Gasteiger partial charge in [-0.1, -0.05) is 24.3 Å². The predicted molar refractivity (Wildman–Crippen MR) is 87.9 cm³/mol. The monoisotopic (exact) mass is 309 g/mol. The summed E-state index contributed by atoms with van der Waals surface area (Å²) in [6, 6.07) is 14.9. The van der Waals surface area contributed by atoms with Gasteiger partial charge in [-0.25, -0.2) is 0 Å². The Hall–Kier alpha value is -3.02. The van der Waals surface area contributed by atoms with E-state index >= 15 is 0 Å². The summed E-state index contributed by atoms with van der Waals surface area (Å²) in [6.07, 6.45) is -0.357. The lowest BCUT2D eigenvalue weighted by Crippen LogP contribution is -2.07. The smallest absolute Gasteiger partial charge is 0.313 e. The minimum Gasteiger partial charge on any atom is -0.399 e. The number of aryl methyl sites for hydroxylation is 1. The van der Waals surface area contributed by atoms with Crippen molar-refractivity contribution in [3.63, 3.8) is 0 Å². The van der Waals surface area contributed by atoms with Crippen LogP contribution in [0.5, 0.6) is 0 Å². The molecule has 0 aliphatic heterocycles. The highest BCUT2D eigenvalue weighted by Gasteiger charge is 2.08. The van der Waals surface area contributed by atoms with Crippen molar-refractivity contribution in [1.82, 2.24) is 15.0 Å². The second-order valence-electron chi connectivity index (χ2n) is 5.19. The number of anilines is 3. The first-order chi connectivity index (χ1) is 11.1. The molecule has 3 N–H and O–H groups in total. The van der Waals surface area contributed by atoms with E-state index in [1.54, 1.807) is 24.3 Å². The molecule has 3 aromatic rings. The number of nitrogens with two attached hydrogens (primary N) is 1. The topological polar surface area (TPSA) is 76.7 Å². The summed E-state index contributed by atoms with van der Waals surface area (Å²) >= 11 is 0. The molecule has 5 nitrogen and oxygen atoms in total. The van der Waals surface area contributed by atoms with Gasteiger partial charge in [0.1, 0.15) is 5.82 Å². The number of nitrogen functional groups attached to an aromatic ring is 1. The van der Waals surface area contributed by atoms with Crippen LogP contribution in [0.1, 0.15) is 17.0 Å². The van der Waals surface area contributed by atoms with Crippen molar-refractivity contribution in [2.24, 2.45) is 0 Å². The van der Waals surface area contributed by atoms with Crippen molar-refractivity contribution < 1.29 is 4.39 Å². The molecule has 116 valence electrons. The van der Waals surface area contributed by atoms with Crippen LogP contribution in [0.4, 0.5) is 21.7 Å². The standard InChI is InChI=1S/C17H16FN5/c1-11-4-2-3-5-12(11)10-15-21-16(18)23-17(22-15)20-14-8-6-13(19)7-9-14/h2-9H,10,19H2,1H3,(H,20,21,22,23). The molecule has 0 saturated heterocycles. The molecule has 1 aromatic heterocycles. The number of benzene rings is 2. The van der Waals surface area contributed by atoms with Crippen molar-refractivity contribution in [2.45, 2.75) is 13.3 Å². The minimum absolute atomic E-state index is 0.172. The van der Waals surface area contributed by atoms with Crippen molar-refractivity contribution >= 4 is 17.3 Å². The largest absolute Gasteiger partial charge is 0.399 e. The maximum atomic E-state index is 13.7. The molecule has 0 fully saturated rings. The van der Waals surface area contributed by atoms with Crippen LogP contribution < -0.4 is 11.1 Å². The van der Waals surface area contributed by atoms with Gasteiger partial charge in [-0.05, 0) is 42.3 Å². The van der Waals surface area contributed by atoms with Crippen LogP contribution in [0, 0.1) is 13.0 Å². The Morgan fingerprint density at radius 3 is 2.48 bits per heavy atom. The van der Waals surface area contributed by atoms with Crippen LogP contribution in [0.2, 0.25) is 0 Å². The third kappa shape index (κ3) is 3.79. The van der Waals surface area contributed by atoms with Gasteiger partial charge in [0.2, 0.25) is 5.95 Å². The van der Waals surface area contributed by atoms with Crippen LogP contribution in [-0.4, -0.2) is 15.0 Å². The highest BCUT2D eigenvalue weighted by Crippen LogP contribution is 2.16. The van der Waals surface area contributed by atoms with E-state index in [0.29, 0.717) is 17.9 Å². The summed E-state index contributed by atoms with van der Waals surface area (Å²) in [5.41, 5.74) is 9.18. The van der Waals surface area contributed by atoms with Gasteiger partial charge in [0.05, 0.1) is 0 Å². The van der Waals surface area contributed by atoms with E-state index < -0.39 is 6.08 Å². The molecule has 0 bridgehead atoms. The highest BCUT2D eigenvalue weighted by molar-refractivity contribution is 5.56. The maximum Gasteiger partial charge on any atom is 0.313 e. The lowest BCUT2D eigenvalue weighted by molar-refractivity contribution is 0.527. The Bertz CT molecular complexity index is 817. The summed E-state index contributed by atoms with van der Waals surface area (Å²) < 4.78 is 13.7. The van der Waals surface area contributed by atoms with Gasteiger partial charge in [-0.3, -0.25) is 0 Å². The molecular formula is C17H16FN5. The van der Waals surface area contributed by atoms with E-state index in [4.69, 9.17) is 5.73 Å². The molecule has 0 spiro atoms. The van der Waals surface area contributed by atoms with Crippen LogP contribution in [0.3, 0.4) is 0 Å². The first-order valence-corrected chi connectivity index (χ1v) is 7.18. The zero-order chi connectivity index (χ0) is 16.2. The predicted octanol–water partition coefficient (Wildman–Crippen LogP) is 3.24. The van der Waals surface area contributed by atoms with Crippen molar-refractivity contribution in [1.29, 1.82) is 0 Å². The molecule has 0 radical (unpaired) electrons. The Labute approximate surface area is 133 Å². The molecule has 6 heteroatoms. The Morgan fingerprint density at radius 1 is 1.00 bits per heavy atom. The average Bonchev–Trinajstić information content (AvgIpc) is 2.51. The second kappa shape index (κ2) is 6.39. The molecule has 0 atom stereocenters. The average molecular weight is 309 g/mol. The molecule has 2 aromatic carbocycles. The quantitative estimate of drug-likeness (QED) is 0.724. The van der Waals surface area contributed by atoms with Crippen LogP contribution in [-0.2, 0) is 6.42 Å². The fraction of sp³-hybridized carbons (Fsp3) is 0.118. The molecule has 0 saturated carbocycles. The van der Waals surface area contributed by atoms with Crippen molar-refractivity contribution in [3.05, 3.63) is 71.6 Å². The minimum atomic E-state index is -0.804. The first kappa shape index (κ1) is 14.9. The normalized spacial score (nSPS) is 10.5. The Morgan fingerprint density at radius 2 is 1.74 bits per heavy atom. The van der Waals surface area contributed by atoms with Gasteiger partial charge in [-0.15, -0.1) is 0 Å². The van der Waals surface area contributed by atoms with Gasteiger partial charge in [0.15, 0.2) is 0 Å². The molecule has 0 unspecified atom stereocenters. The van der Waals surface area contributed by atoms with E-state index in [2.05, 4.69) is 20.3 Å². The van der Waals surface area contributed by atoms with Crippen molar-refractivity contribution in [2.75, 3.05) is 11.1 Å². The SMILES string of the molecule is Cc1ccccc1Cc1nc(F)nc(Nc2ccc(N)cc2)n1. The van der Waals surface area contributed by atoms with E-state index in [9.17, 15) is 4.39 Å². The van der Waals surface area contributed by atoms with Crippen molar-refractivity contribution in [3.8, 4) is 0 Å². The highest BCUT2D eigenvalue weighted by atomic mass is 19.1. The lowest BCUT2D eigenvalue weighted by Gasteiger charge is -2.08. The first-order valence-electron chi connectivity index (χ1n) is 7.18. The van der Waals surface area contributed by atoms with E-state index in [0.717, 1.165) is 16.8 Å². The summed E-state index contributed by atoms with van der Waals surface area (Å²) in [4.78, 5) is 11.7. The molecule has 0 aliphatic carbocycles. The molecule has 0 amide bonds. The summed E-state index contributed by atoms with van der Waals surface area (Å²) in [5, 5.41) is 2.95. The molecular weight excluding hydrogens is 293 g/mol. The maximum absolute atomic E-state index is 13.7. The molecule has 0 aliphatic rings. The number of aromatic nitrogens is 3. The van der Waals surface area contributed by atoms with Gasteiger partial charge >= 0.3 is 6.08 Å². The zero-order valence-corrected chi connectivity index (χ0v) is 12.6. The second-order valence-corrected chi connectivity index (χ2v) is 5.19. The number of halogens is 1. The number of rotatable bonds is 4. The van der Waals surface area contributed by atoms with Gasteiger partial charge in [0, 0.05) is 17.8 Å². The fourth-order valence-corrected chi connectivity index (χ4v) is 2.20. The number of nitrogens with zero attached hydrogens (tertiary/aromatic N) is 3. The molecule has 3 rings (SSSR count). The van der Waals surface area contributed by atoms with Gasteiger partial charge in [-0.2, -0.15) is 19.3 Å². The summed E-state index contributed by atoms with van der Waals surface area (Å²) in [7, 11) is 0. The lowest BCUT2D eigenvalue weighted by atomic mass is 10.1. The number of hydrogen-bond donors (Lipinski definition) is 2. The van der Waals surface area contributed by atoms with E-state index in [1.807, 2.05) is 31.2 Å². The van der Waals surface area contributed by atoms with E-state index in [-0.39, 0.29) is 5.95 Å². The van der Waals surface area contributed by atoms with Gasteiger partial charge in [0.25, 0.3) is 0 Å². The van der Waals surface area contributed by atoms with Crippen LogP contribution in [0.25, 0.3) is 0 Å². The zero-order valence-electron chi connectivity index (χ0n) is 12.6. The van der Waals surface area contributed by atoms with Gasteiger partial charge < -0.3 is 11.1 Å². The Kier molecular flexibility index (Phi) is 4.14. The number of hydrogen-bond acceptors (Lipinski definition) is 5. The summed E-state index contributed by atoms with van der Waals surface area (Å²) in [6.45, 7) is 2.00. The Balaban J connectivity index is 1.84. The third-order valence-corrected chi connectivity index (χ3v) is 3.43. The number of nitrogens with one attached hydrogen (secondary N) is 1.